The molecule has 0 aliphatic carbocycles. The van der Waals surface area contributed by atoms with Gasteiger partial charge in [0.1, 0.15) is 0 Å². The van der Waals surface area contributed by atoms with E-state index in [0.29, 0.717) is 6.54 Å². The van der Waals surface area contributed by atoms with Gasteiger partial charge in [-0.05, 0) is 20.1 Å². The molecule has 0 fully saturated rings. The molecule has 1 amide bonds. The molecule has 8 heteroatoms. The lowest BCUT2D eigenvalue weighted by atomic mass is 10.2. The van der Waals surface area contributed by atoms with Gasteiger partial charge in [0.05, 0.1) is 11.8 Å². The highest BCUT2D eigenvalue weighted by Gasteiger charge is 2.40. The van der Waals surface area contributed by atoms with E-state index in [9.17, 15) is 18.0 Å². The van der Waals surface area contributed by atoms with E-state index >= 15 is 0 Å². The number of hydrogen-bond donors (Lipinski definition) is 1. The first-order valence-electron chi connectivity index (χ1n) is 6.14. The van der Waals surface area contributed by atoms with Crippen LogP contribution in [0.3, 0.4) is 0 Å². The fourth-order valence-electron chi connectivity index (χ4n) is 1.62. The molecule has 1 atom stereocenters. The zero-order valence-corrected chi connectivity index (χ0v) is 12.6. The van der Waals surface area contributed by atoms with Crippen molar-refractivity contribution in [2.45, 2.75) is 38.2 Å². The molecule has 1 aromatic heterocycles. The summed E-state index contributed by atoms with van der Waals surface area (Å²) in [5.74, 6) is -0.745. The number of nitrogens with zero attached hydrogens (tertiary/aromatic N) is 2. The van der Waals surface area contributed by atoms with E-state index < -0.39 is 29.4 Å². The van der Waals surface area contributed by atoms with Crippen LogP contribution in [0.5, 0.6) is 0 Å². The third-order valence-electron chi connectivity index (χ3n) is 2.75. The van der Waals surface area contributed by atoms with Gasteiger partial charge in [0, 0.05) is 17.8 Å². The smallest absolute Gasteiger partial charge is 0.351 e. The largest absolute Gasteiger partial charge is 0.433 e. The molecule has 0 aliphatic rings. The lowest BCUT2D eigenvalue weighted by molar-refractivity contribution is -0.145. The third-order valence-corrected chi connectivity index (χ3v) is 3.72. The topological polar surface area (TPSA) is 46.9 Å². The van der Waals surface area contributed by atoms with Crippen molar-refractivity contribution in [2.75, 3.05) is 12.8 Å². The fraction of sp³-hybridized carbons (Fsp3) is 0.667. The van der Waals surface area contributed by atoms with Crippen LogP contribution >= 0.6 is 11.8 Å². The number of halogens is 3. The van der Waals surface area contributed by atoms with E-state index in [0.717, 1.165) is 10.9 Å². The highest BCUT2D eigenvalue weighted by Crippen LogP contribution is 2.33. The molecule has 4 nitrogen and oxygen atoms in total. The maximum atomic E-state index is 13.1. The molecular weight excluding hydrogens is 291 g/mol. The summed E-state index contributed by atoms with van der Waals surface area (Å²) in [7, 11) is 0. The highest BCUT2D eigenvalue weighted by atomic mass is 32.2. The summed E-state index contributed by atoms with van der Waals surface area (Å²) in [4.78, 5) is 11.9. The van der Waals surface area contributed by atoms with Crippen molar-refractivity contribution in [2.24, 2.45) is 0 Å². The average molecular weight is 309 g/mol. The van der Waals surface area contributed by atoms with Crippen molar-refractivity contribution in [1.29, 1.82) is 0 Å². The van der Waals surface area contributed by atoms with Crippen molar-refractivity contribution in [3.63, 3.8) is 0 Å². The number of hydrogen-bond acceptors (Lipinski definition) is 3. The first-order valence-corrected chi connectivity index (χ1v) is 7.43. The molecule has 0 saturated heterocycles. The minimum Gasteiger partial charge on any atom is -0.351 e. The molecule has 114 valence electrons. The van der Waals surface area contributed by atoms with Crippen molar-refractivity contribution in [1.82, 2.24) is 15.1 Å². The van der Waals surface area contributed by atoms with Gasteiger partial charge in [-0.25, -0.2) is 0 Å². The SMILES string of the molecule is CS[C@H](C)CNC(=O)c1cnn(C(C)C)c1C(F)(F)F. The van der Waals surface area contributed by atoms with Crippen molar-refractivity contribution in [3.05, 3.63) is 17.5 Å². The summed E-state index contributed by atoms with van der Waals surface area (Å²) >= 11 is 1.52. The van der Waals surface area contributed by atoms with E-state index in [4.69, 9.17) is 0 Å². The number of rotatable bonds is 5. The van der Waals surface area contributed by atoms with Crippen LogP contribution < -0.4 is 5.32 Å². The number of carbonyl (C=O) groups excluding carboxylic acids is 1. The van der Waals surface area contributed by atoms with Gasteiger partial charge in [0.2, 0.25) is 0 Å². The second kappa shape index (κ2) is 6.51. The maximum absolute atomic E-state index is 13.1. The van der Waals surface area contributed by atoms with Gasteiger partial charge in [-0.1, -0.05) is 6.92 Å². The Kier molecular flexibility index (Phi) is 5.50. The number of nitrogens with one attached hydrogen (secondary N) is 1. The van der Waals surface area contributed by atoms with Gasteiger partial charge in [0.25, 0.3) is 5.91 Å². The monoisotopic (exact) mass is 309 g/mol. The first kappa shape index (κ1) is 16.9. The first-order chi connectivity index (χ1) is 9.18. The van der Waals surface area contributed by atoms with Gasteiger partial charge in [-0.3, -0.25) is 9.48 Å². The minimum atomic E-state index is -4.61. The molecule has 0 unspecified atom stereocenters. The molecule has 0 bridgehead atoms. The predicted octanol–water partition coefficient (Wildman–Crippen LogP) is 2.96. The van der Waals surface area contributed by atoms with Gasteiger partial charge in [0.15, 0.2) is 5.69 Å². The number of amides is 1. The molecule has 1 N–H and O–H groups in total. The molecular formula is C12H18F3N3OS. The summed E-state index contributed by atoms with van der Waals surface area (Å²) in [6.07, 6.45) is -1.77. The molecule has 20 heavy (non-hydrogen) atoms. The second-order valence-electron chi connectivity index (χ2n) is 4.70. The van der Waals surface area contributed by atoms with Crippen LogP contribution in [-0.2, 0) is 6.18 Å². The van der Waals surface area contributed by atoms with Crippen LogP contribution in [0.15, 0.2) is 6.20 Å². The highest BCUT2D eigenvalue weighted by molar-refractivity contribution is 7.99. The van der Waals surface area contributed by atoms with E-state index in [-0.39, 0.29) is 5.25 Å². The van der Waals surface area contributed by atoms with E-state index in [1.165, 1.54) is 11.8 Å². The second-order valence-corrected chi connectivity index (χ2v) is 5.98. The molecule has 1 heterocycles. The Morgan fingerprint density at radius 3 is 2.50 bits per heavy atom. The lowest BCUT2D eigenvalue weighted by Crippen LogP contribution is -2.31. The zero-order chi connectivity index (χ0) is 15.5. The number of aromatic nitrogens is 2. The van der Waals surface area contributed by atoms with Crippen LogP contribution in [0, 0.1) is 0 Å². The van der Waals surface area contributed by atoms with E-state index in [2.05, 4.69) is 10.4 Å². The third kappa shape index (κ3) is 3.91. The number of carbonyl (C=O) groups is 1. The molecule has 1 aromatic rings. The van der Waals surface area contributed by atoms with Crippen LogP contribution in [0.4, 0.5) is 13.2 Å². The van der Waals surface area contributed by atoms with Crippen molar-refractivity contribution < 1.29 is 18.0 Å². The van der Waals surface area contributed by atoms with Crippen molar-refractivity contribution in [3.8, 4) is 0 Å². The summed E-state index contributed by atoms with van der Waals surface area (Å²) in [5.41, 5.74) is -1.43. The average Bonchev–Trinajstić information content (AvgIpc) is 2.80. The quantitative estimate of drug-likeness (QED) is 0.909. The Hall–Kier alpha value is -1.18. The lowest BCUT2D eigenvalue weighted by Gasteiger charge is -2.15. The van der Waals surface area contributed by atoms with Crippen LogP contribution in [0.25, 0.3) is 0 Å². The predicted molar refractivity (Wildman–Crippen MR) is 72.9 cm³/mol. The Bertz CT molecular complexity index is 471. The van der Waals surface area contributed by atoms with Gasteiger partial charge in [-0.2, -0.15) is 30.0 Å². The number of alkyl halides is 3. The molecule has 0 spiro atoms. The Morgan fingerprint density at radius 1 is 1.45 bits per heavy atom. The zero-order valence-electron chi connectivity index (χ0n) is 11.8. The van der Waals surface area contributed by atoms with E-state index in [1.807, 2.05) is 13.2 Å². The van der Waals surface area contributed by atoms with Crippen LogP contribution in [0.1, 0.15) is 42.9 Å². The standard InChI is InChI=1S/C12H18F3N3OS/c1-7(2)18-10(12(13,14)15)9(6-17-18)11(19)16-5-8(3)20-4/h6-8H,5H2,1-4H3,(H,16,19)/t8-/m1/s1. The normalized spacial score (nSPS) is 13.6. The van der Waals surface area contributed by atoms with Crippen molar-refractivity contribution >= 4 is 17.7 Å². The van der Waals surface area contributed by atoms with Crippen LogP contribution in [-0.4, -0.2) is 33.7 Å². The summed E-state index contributed by atoms with van der Waals surface area (Å²) in [6.45, 7) is 5.36. The molecule has 0 aliphatic heterocycles. The molecule has 0 saturated carbocycles. The minimum absolute atomic E-state index is 0.133. The van der Waals surface area contributed by atoms with E-state index in [1.54, 1.807) is 13.8 Å². The molecule has 1 rings (SSSR count). The fourth-order valence-corrected chi connectivity index (χ4v) is 1.87. The Balaban J connectivity index is 3.03. The Labute approximate surface area is 120 Å². The molecule has 0 radical (unpaired) electrons. The van der Waals surface area contributed by atoms with Crippen LogP contribution in [0.2, 0.25) is 0 Å². The van der Waals surface area contributed by atoms with Gasteiger partial charge in [-0.15, -0.1) is 0 Å². The summed E-state index contributed by atoms with van der Waals surface area (Å²) in [6, 6.07) is -0.474. The van der Waals surface area contributed by atoms with Gasteiger partial charge < -0.3 is 5.32 Å². The molecule has 0 aromatic carbocycles. The maximum Gasteiger partial charge on any atom is 0.433 e. The summed E-state index contributed by atoms with van der Waals surface area (Å²) in [5, 5.41) is 6.32. The number of thioether (sulfide) groups is 1. The summed E-state index contributed by atoms with van der Waals surface area (Å²) < 4.78 is 40.1. The van der Waals surface area contributed by atoms with Gasteiger partial charge >= 0.3 is 6.18 Å². The Morgan fingerprint density at radius 2 is 2.05 bits per heavy atom.